The van der Waals surface area contributed by atoms with Gasteiger partial charge in [0.1, 0.15) is 12.7 Å². The predicted molar refractivity (Wildman–Crippen MR) is 72.6 cm³/mol. The average Bonchev–Trinajstić information content (AvgIpc) is 3.15. The number of epoxide rings is 1. The van der Waals surface area contributed by atoms with Gasteiger partial charge >= 0.3 is 5.97 Å². The van der Waals surface area contributed by atoms with E-state index in [1.165, 1.54) is 0 Å². The lowest BCUT2D eigenvalue weighted by atomic mass is 9.95. The Morgan fingerprint density at radius 3 is 2.45 bits per heavy atom. The molecule has 0 N–H and O–H groups in total. The van der Waals surface area contributed by atoms with Crippen LogP contribution in [-0.2, 0) is 9.47 Å². The highest BCUT2D eigenvalue weighted by Crippen LogP contribution is 2.20. The Bertz CT molecular complexity index is 584. The van der Waals surface area contributed by atoms with Gasteiger partial charge in [0, 0.05) is 5.56 Å². The van der Waals surface area contributed by atoms with E-state index in [1.54, 1.807) is 24.3 Å². The van der Waals surface area contributed by atoms with Crippen molar-refractivity contribution in [3.8, 4) is 0 Å². The van der Waals surface area contributed by atoms with Crippen molar-refractivity contribution in [1.29, 1.82) is 0 Å². The number of ether oxygens (including phenoxy) is 2. The zero-order valence-corrected chi connectivity index (χ0v) is 10.8. The summed E-state index contributed by atoms with van der Waals surface area (Å²) in [7, 11) is 0. The summed E-state index contributed by atoms with van der Waals surface area (Å²) in [5.41, 5.74) is 0.710. The normalized spacial score (nSPS) is 20.1. The van der Waals surface area contributed by atoms with Crippen LogP contribution in [-0.4, -0.2) is 31.1 Å². The largest absolute Gasteiger partial charge is 0.459 e. The second-order valence-electron chi connectivity index (χ2n) is 4.76. The highest BCUT2D eigenvalue weighted by molar-refractivity contribution is 6.08. The summed E-state index contributed by atoms with van der Waals surface area (Å²) in [6.45, 7) is 0.871. The van der Waals surface area contributed by atoms with E-state index in [0.29, 0.717) is 17.7 Å². The van der Waals surface area contributed by atoms with Crippen LogP contribution in [0.25, 0.3) is 0 Å². The maximum absolute atomic E-state index is 12.4. The first-order valence-electron chi connectivity index (χ1n) is 6.52. The third-order valence-electron chi connectivity index (χ3n) is 3.27. The Morgan fingerprint density at radius 2 is 1.80 bits per heavy atom. The van der Waals surface area contributed by atoms with Crippen molar-refractivity contribution < 1.29 is 19.1 Å². The molecule has 4 heteroatoms. The first-order valence-corrected chi connectivity index (χ1v) is 6.52. The molecule has 1 atom stereocenters. The van der Waals surface area contributed by atoms with Gasteiger partial charge in [-0.05, 0) is 6.07 Å². The lowest BCUT2D eigenvalue weighted by Gasteiger charge is -2.10. The van der Waals surface area contributed by atoms with Gasteiger partial charge in [0.05, 0.1) is 18.1 Å². The molecule has 1 aromatic carbocycles. The minimum absolute atomic E-state index is 0.0162. The van der Waals surface area contributed by atoms with E-state index in [0.717, 1.165) is 0 Å². The molecule has 0 amide bonds. The first kappa shape index (κ1) is 12.8. The molecule has 0 aromatic heterocycles. The number of Topliss-reactive ketones (excluding diaryl/α,β-unsaturated/α-hetero) is 1. The molecule has 1 aliphatic carbocycles. The highest BCUT2D eigenvalue weighted by atomic mass is 16.6. The Hall–Kier alpha value is -2.20. The zero-order valence-electron chi connectivity index (χ0n) is 10.8. The molecule has 0 radical (unpaired) electrons. The van der Waals surface area contributed by atoms with Crippen LogP contribution in [0.3, 0.4) is 0 Å². The number of esters is 1. The molecule has 1 aliphatic heterocycles. The average molecular weight is 270 g/mol. The minimum Gasteiger partial charge on any atom is -0.459 e. The van der Waals surface area contributed by atoms with Crippen LogP contribution in [0.4, 0.5) is 0 Å². The fraction of sp³-hybridized carbons (Fsp3) is 0.250. The molecule has 1 fully saturated rings. The van der Waals surface area contributed by atoms with E-state index in [2.05, 4.69) is 0 Å². The van der Waals surface area contributed by atoms with E-state index in [-0.39, 0.29) is 24.4 Å². The smallest absolute Gasteiger partial charge is 0.338 e. The van der Waals surface area contributed by atoms with E-state index in [1.807, 2.05) is 24.3 Å². The number of rotatable bonds is 5. The molecule has 1 unspecified atom stereocenters. The summed E-state index contributed by atoms with van der Waals surface area (Å²) in [6, 6.07) is 6.75. The number of hydrogen-bond donors (Lipinski definition) is 0. The van der Waals surface area contributed by atoms with Crippen molar-refractivity contribution >= 4 is 11.8 Å². The summed E-state index contributed by atoms with van der Waals surface area (Å²) in [5, 5.41) is 0. The van der Waals surface area contributed by atoms with Crippen LogP contribution >= 0.6 is 0 Å². The van der Waals surface area contributed by atoms with Gasteiger partial charge in [-0.1, -0.05) is 42.5 Å². The standard InChI is InChI=1S/C16H14O4/c17-15(11-5-1-2-6-11)13-7-3-4-8-14(13)16(18)20-10-12-9-19-12/h1-8,11-12H,9-10H2. The van der Waals surface area contributed by atoms with Crippen molar-refractivity contribution in [2.75, 3.05) is 13.2 Å². The summed E-state index contributed by atoms with van der Waals surface area (Å²) in [6.07, 6.45) is 7.29. The highest BCUT2D eigenvalue weighted by Gasteiger charge is 2.27. The van der Waals surface area contributed by atoms with Gasteiger partial charge in [0.15, 0.2) is 5.78 Å². The molecule has 2 aliphatic rings. The monoisotopic (exact) mass is 270 g/mol. The summed E-state index contributed by atoms with van der Waals surface area (Å²) < 4.78 is 10.1. The third-order valence-corrected chi connectivity index (χ3v) is 3.27. The van der Waals surface area contributed by atoms with Crippen LogP contribution in [0.1, 0.15) is 20.7 Å². The molecule has 20 heavy (non-hydrogen) atoms. The fourth-order valence-corrected chi connectivity index (χ4v) is 2.07. The molecule has 1 saturated heterocycles. The molecule has 0 bridgehead atoms. The van der Waals surface area contributed by atoms with E-state index >= 15 is 0 Å². The molecule has 0 saturated carbocycles. The van der Waals surface area contributed by atoms with Crippen LogP contribution in [0.15, 0.2) is 48.6 Å². The van der Waals surface area contributed by atoms with Crippen molar-refractivity contribution in [2.45, 2.75) is 6.10 Å². The molecular formula is C16H14O4. The molecule has 1 aromatic rings. The molecule has 0 spiro atoms. The summed E-state index contributed by atoms with van der Waals surface area (Å²) in [4.78, 5) is 24.4. The number of allylic oxidation sites excluding steroid dienone is 4. The van der Waals surface area contributed by atoms with E-state index in [4.69, 9.17) is 9.47 Å². The second kappa shape index (κ2) is 5.43. The van der Waals surface area contributed by atoms with Gasteiger partial charge < -0.3 is 9.47 Å². The second-order valence-corrected chi connectivity index (χ2v) is 4.76. The van der Waals surface area contributed by atoms with Crippen LogP contribution in [0, 0.1) is 5.92 Å². The third kappa shape index (κ3) is 2.70. The molecule has 4 nitrogen and oxygen atoms in total. The van der Waals surface area contributed by atoms with Gasteiger partial charge in [-0.15, -0.1) is 0 Å². The maximum atomic E-state index is 12.4. The quantitative estimate of drug-likeness (QED) is 0.467. The van der Waals surface area contributed by atoms with Gasteiger partial charge in [-0.3, -0.25) is 4.79 Å². The number of benzene rings is 1. The van der Waals surface area contributed by atoms with Crippen molar-refractivity contribution in [3.63, 3.8) is 0 Å². The lowest BCUT2D eigenvalue weighted by molar-refractivity contribution is 0.0473. The van der Waals surface area contributed by atoms with E-state index < -0.39 is 5.97 Å². The van der Waals surface area contributed by atoms with Gasteiger partial charge in [0.2, 0.25) is 0 Å². The topological polar surface area (TPSA) is 55.9 Å². The van der Waals surface area contributed by atoms with Crippen LogP contribution in [0.2, 0.25) is 0 Å². The molecule has 3 rings (SSSR count). The van der Waals surface area contributed by atoms with Crippen molar-refractivity contribution in [1.82, 2.24) is 0 Å². The SMILES string of the molecule is O=C(OCC1CO1)c1ccccc1C(=O)C1C=CC=C1. The van der Waals surface area contributed by atoms with Gasteiger partial charge in [-0.25, -0.2) is 4.79 Å². The summed E-state index contributed by atoms with van der Waals surface area (Å²) >= 11 is 0. The fourth-order valence-electron chi connectivity index (χ4n) is 2.07. The van der Waals surface area contributed by atoms with Gasteiger partial charge in [-0.2, -0.15) is 0 Å². The first-order chi connectivity index (χ1) is 9.75. The Morgan fingerprint density at radius 1 is 1.15 bits per heavy atom. The summed E-state index contributed by atoms with van der Waals surface area (Å²) in [5.74, 6) is -0.864. The van der Waals surface area contributed by atoms with E-state index in [9.17, 15) is 9.59 Å². The molecular weight excluding hydrogens is 256 g/mol. The molecule has 1 heterocycles. The van der Waals surface area contributed by atoms with Crippen LogP contribution < -0.4 is 0 Å². The number of hydrogen-bond acceptors (Lipinski definition) is 4. The Kier molecular flexibility index (Phi) is 3.48. The number of carbonyl (C=O) groups excluding carboxylic acids is 2. The zero-order chi connectivity index (χ0) is 13.9. The van der Waals surface area contributed by atoms with Crippen molar-refractivity contribution in [2.24, 2.45) is 5.92 Å². The molecule has 102 valence electrons. The lowest BCUT2D eigenvalue weighted by Crippen LogP contribution is -2.17. The Labute approximate surface area is 116 Å². The number of ketones is 1. The van der Waals surface area contributed by atoms with Crippen LogP contribution in [0.5, 0.6) is 0 Å². The van der Waals surface area contributed by atoms with Gasteiger partial charge in [0.25, 0.3) is 0 Å². The predicted octanol–water partition coefficient (Wildman–Crippen LogP) is 2.17. The minimum atomic E-state index is -0.476. The van der Waals surface area contributed by atoms with Crippen molar-refractivity contribution in [3.05, 3.63) is 59.7 Å². The number of carbonyl (C=O) groups is 2. The maximum Gasteiger partial charge on any atom is 0.338 e. The Balaban J connectivity index is 1.79.